The third kappa shape index (κ3) is 2.56. The van der Waals surface area contributed by atoms with E-state index < -0.39 is 0 Å². The molecule has 90 valence electrons. The largest absolute Gasteiger partial charge is 0.348 e. The molecule has 0 spiro atoms. The van der Waals surface area contributed by atoms with Crippen molar-refractivity contribution in [3.63, 3.8) is 0 Å². The highest BCUT2D eigenvalue weighted by molar-refractivity contribution is 5.30. The van der Waals surface area contributed by atoms with Gasteiger partial charge in [-0.05, 0) is 17.0 Å². The molecule has 0 aliphatic carbocycles. The lowest BCUT2D eigenvalue weighted by Gasteiger charge is -2.14. The normalized spacial score (nSPS) is 12.9. The molecular weight excluding hydrogens is 210 g/mol. The first-order valence-electron chi connectivity index (χ1n) is 6.01. The summed E-state index contributed by atoms with van der Waals surface area (Å²) in [5.41, 5.74) is 8.40. The Labute approximate surface area is 102 Å². The van der Waals surface area contributed by atoms with Crippen molar-refractivity contribution in [3.8, 4) is 0 Å². The molecule has 17 heavy (non-hydrogen) atoms. The number of imidazole rings is 1. The van der Waals surface area contributed by atoms with E-state index in [1.807, 2.05) is 6.20 Å². The molecule has 2 rings (SSSR count). The zero-order valence-corrected chi connectivity index (χ0v) is 10.4. The van der Waals surface area contributed by atoms with Crippen molar-refractivity contribution in [1.29, 1.82) is 0 Å². The van der Waals surface area contributed by atoms with Crippen LogP contribution >= 0.6 is 0 Å². The van der Waals surface area contributed by atoms with Crippen LogP contribution in [0.2, 0.25) is 0 Å². The lowest BCUT2D eigenvalue weighted by molar-refractivity contribution is 0.763. The number of nitrogens with two attached hydrogens (primary N) is 1. The van der Waals surface area contributed by atoms with Gasteiger partial charge in [-0.25, -0.2) is 4.98 Å². The molecule has 1 unspecified atom stereocenters. The van der Waals surface area contributed by atoms with E-state index in [2.05, 4.69) is 48.1 Å². The molecule has 0 saturated heterocycles. The van der Waals surface area contributed by atoms with Crippen LogP contribution in [0.3, 0.4) is 0 Å². The molecule has 0 saturated carbocycles. The highest BCUT2D eigenvalue weighted by Crippen LogP contribution is 2.23. The van der Waals surface area contributed by atoms with Crippen LogP contribution in [0.5, 0.6) is 0 Å². The topological polar surface area (TPSA) is 54.7 Å². The fraction of sp³-hybridized carbons (Fsp3) is 0.357. The number of hydrogen-bond donors (Lipinski definition) is 2. The maximum Gasteiger partial charge on any atom is 0.114 e. The number of H-pyrrole nitrogens is 1. The van der Waals surface area contributed by atoms with E-state index in [-0.39, 0.29) is 5.92 Å². The number of aromatic amines is 1. The van der Waals surface area contributed by atoms with Crippen molar-refractivity contribution >= 4 is 0 Å². The number of nitrogens with zero attached hydrogens (tertiary/aromatic N) is 1. The van der Waals surface area contributed by atoms with Crippen LogP contribution in [0.15, 0.2) is 36.7 Å². The number of nitrogens with one attached hydrogen (secondary N) is 1. The van der Waals surface area contributed by atoms with E-state index >= 15 is 0 Å². The summed E-state index contributed by atoms with van der Waals surface area (Å²) in [5.74, 6) is 1.65. The van der Waals surface area contributed by atoms with Crippen molar-refractivity contribution in [2.75, 3.05) is 6.54 Å². The lowest BCUT2D eigenvalue weighted by Crippen LogP contribution is -2.15. The predicted octanol–water partition coefficient (Wildman–Crippen LogP) is 2.62. The molecule has 2 aromatic rings. The van der Waals surface area contributed by atoms with Crippen LogP contribution in [0.1, 0.15) is 42.6 Å². The lowest BCUT2D eigenvalue weighted by atomic mass is 9.95. The highest BCUT2D eigenvalue weighted by atomic mass is 14.9. The molecule has 3 nitrogen and oxygen atoms in total. The summed E-state index contributed by atoms with van der Waals surface area (Å²) in [6, 6.07) is 8.64. The van der Waals surface area contributed by atoms with Gasteiger partial charge in [0.05, 0.1) is 5.92 Å². The van der Waals surface area contributed by atoms with E-state index in [0.717, 1.165) is 5.82 Å². The minimum Gasteiger partial charge on any atom is -0.348 e. The van der Waals surface area contributed by atoms with Gasteiger partial charge in [0.15, 0.2) is 0 Å². The molecule has 0 aliphatic rings. The minimum atomic E-state index is 0.159. The van der Waals surface area contributed by atoms with Crippen LogP contribution in [-0.4, -0.2) is 16.5 Å². The van der Waals surface area contributed by atoms with Crippen LogP contribution in [0, 0.1) is 0 Å². The molecule has 3 N–H and O–H groups in total. The monoisotopic (exact) mass is 229 g/mol. The quantitative estimate of drug-likeness (QED) is 0.846. The molecule has 0 radical (unpaired) electrons. The van der Waals surface area contributed by atoms with Gasteiger partial charge in [-0.1, -0.05) is 38.1 Å². The molecule has 0 fully saturated rings. The second kappa shape index (κ2) is 5.15. The van der Waals surface area contributed by atoms with Gasteiger partial charge in [0.1, 0.15) is 5.82 Å². The van der Waals surface area contributed by atoms with Crippen molar-refractivity contribution in [2.24, 2.45) is 5.73 Å². The number of hydrogen-bond acceptors (Lipinski definition) is 2. The van der Waals surface area contributed by atoms with Crippen LogP contribution < -0.4 is 5.73 Å². The minimum absolute atomic E-state index is 0.159. The summed E-state index contributed by atoms with van der Waals surface area (Å²) < 4.78 is 0. The number of benzene rings is 1. The summed E-state index contributed by atoms with van der Waals surface area (Å²) >= 11 is 0. The SMILES string of the molecule is CC(C)c1ccc(C(CN)c2ncc[nH]2)cc1. The van der Waals surface area contributed by atoms with Gasteiger partial charge in [0, 0.05) is 18.9 Å². The van der Waals surface area contributed by atoms with Crippen LogP contribution in [0.25, 0.3) is 0 Å². The Balaban J connectivity index is 2.26. The zero-order valence-electron chi connectivity index (χ0n) is 10.4. The van der Waals surface area contributed by atoms with Gasteiger partial charge in [0.25, 0.3) is 0 Å². The predicted molar refractivity (Wildman–Crippen MR) is 70.0 cm³/mol. The Kier molecular flexibility index (Phi) is 3.59. The molecule has 1 aromatic carbocycles. The van der Waals surface area contributed by atoms with Crippen molar-refractivity contribution in [1.82, 2.24) is 9.97 Å². The Hall–Kier alpha value is -1.61. The Morgan fingerprint density at radius 3 is 2.29 bits per heavy atom. The third-order valence-corrected chi connectivity index (χ3v) is 3.09. The van der Waals surface area contributed by atoms with Gasteiger partial charge >= 0.3 is 0 Å². The first-order valence-corrected chi connectivity index (χ1v) is 6.01. The first kappa shape index (κ1) is 11.9. The molecule has 1 heterocycles. The fourth-order valence-electron chi connectivity index (χ4n) is 1.99. The third-order valence-electron chi connectivity index (χ3n) is 3.09. The standard InChI is InChI=1S/C14H19N3/c1-10(2)11-3-5-12(6-4-11)13(9-15)14-16-7-8-17-14/h3-8,10,13H,9,15H2,1-2H3,(H,16,17). The fourth-order valence-corrected chi connectivity index (χ4v) is 1.99. The summed E-state index contributed by atoms with van der Waals surface area (Å²) in [6.07, 6.45) is 3.60. The van der Waals surface area contributed by atoms with E-state index in [0.29, 0.717) is 12.5 Å². The van der Waals surface area contributed by atoms with E-state index in [9.17, 15) is 0 Å². The van der Waals surface area contributed by atoms with Gasteiger partial charge < -0.3 is 10.7 Å². The van der Waals surface area contributed by atoms with Gasteiger partial charge in [-0.15, -0.1) is 0 Å². The Bertz CT molecular complexity index is 443. The highest BCUT2D eigenvalue weighted by Gasteiger charge is 2.14. The van der Waals surface area contributed by atoms with Crippen LogP contribution in [0.4, 0.5) is 0 Å². The summed E-state index contributed by atoms with van der Waals surface area (Å²) in [7, 11) is 0. The summed E-state index contributed by atoms with van der Waals surface area (Å²) in [5, 5.41) is 0. The van der Waals surface area contributed by atoms with Gasteiger partial charge in [-0.3, -0.25) is 0 Å². The molecule has 0 bridgehead atoms. The average molecular weight is 229 g/mol. The molecule has 0 amide bonds. The second-order valence-electron chi connectivity index (χ2n) is 4.58. The molecule has 1 aromatic heterocycles. The average Bonchev–Trinajstić information content (AvgIpc) is 2.84. The van der Waals surface area contributed by atoms with Crippen molar-refractivity contribution in [2.45, 2.75) is 25.7 Å². The smallest absolute Gasteiger partial charge is 0.114 e. The molecular formula is C14H19N3. The van der Waals surface area contributed by atoms with E-state index in [1.165, 1.54) is 11.1 Å². The Morgan fingerprint density at radius 2 is 1.82 bits per heavy atom. The number of aromatic nitrogens is 2. The first-order chi connectivity index (χ1) is 8.22. The summed E-state index contributed by atoms with van der Waals surface area (Å²) in [4.78, 5) is 7.42. The van der Waals surface area contributed by atoms with E-state index in [4.69, 9.17) is 5.73 Å². The second-order valence-corrected chi connectivity index (χ2v) is 4.58. The van der Waals surface area contributed by atoms with Crippen molar-refractivity contribution in [3.05, 3.63) is 53.6 Å². The summed E-state index contributed by atoms with van der Waals surface area (Å²) in [6.45, 7) is 4.96. The maximum atomic E-state index is 5.83. The zero-order chi connectivity index (χ0) is 12.3. The maximum absolute atomic E-state index is 5.83. The number of rotatable bonds is 4. The van der Waals surface area contributed by atoms with Crippen LogP contribution in [-0.2, 0) is 0 Å². The van der Waals surface area contributed by atoms with Gasteiger partial charge in [-0.2, -0.15) is 0 Å². The van der Waals surface area contributed by atoms with E-state index in [1.54, 1.807) is 6.20 Å². The molecule has 0 aliphatic heterocycles. The molecule has 3 heteroatoms. The van der Waals surface area contributed by atoms with Gasteiger partial charge in [0.2, 0.25) is 0 Å². The molecule has 1 atom stereocenters. The van der Waals surface area contributed by atoms with Crippen molar-refractivity contribution < 1.29 is 0 Å². The Morgan fingerprint density at radius 1 is 1.18 bits per heavy atom.